The maximum absolute atomic E-state index is 12.4. The zero-order valence-corrected chi connectivity index (χ0v) is 11.4. The van der Waals surface area contributed by atoms with Crippen LogP contribution in [-0.4, -0.2) is 29.3 Å². The number of nitrogens with two attached hydrogens (primary N) is 1. The minimum absolute atomic E-state index is 0.0662. The lowest BCUT2D eigenvalue weighted by Crippen LogP contribution is -2.51. The number of hydrogen-bond donors (Lipinski definition) is 1. The Morgan fingerprint density at radius 1 is 1.22 bits per heavy atom. The molecule has 102 valence electrons. The number of primary amides is 1. The lowest BCUT2D eigenvalue weighted by atomic mass is 9.83. The maximum Gasteiger partial charge on any atom is 0.240 e. The average molecular weight is 252 g/mol. The van der Waals surface area contributed by atoms with Gasteiger partial charge in [-0.25, -0.2) is 0 Å². The van der Waals surface area contributed by atoms with E-state index < -0.39 is 0 Å². The molecule has 0 bridgehead atoms. The molecule has 0 aromatic heterocycles. The van der Waals surface area contributed by atoms with Gasteiger partial charge in [0.1, 0.15) is 6.04 Å². The van der Waals surface area contributed by atoms with E-state index >= 15 is 0 Å². The molecular formula is C14H24N2O2. The third-order valence-electron chi connectivity index (χ3n) is 4.44. The number of carbonyl (C=O) groups excluding carboxylic acids is 2. The van der Waals surface area contributed by atoms with Crippen molar-refractivity contribution in [3.63, 3.8) is 0 Å². The molecule has 0 spiro atoms. The third-order valence-corrected chi connectivity index (χ3v) is 4.44. The predicted octanol–water partition coefficient (Wildman–Crippen LogP) is 1.68. The first kappa shape index (κ1) is 13.4. The Labute approximate surface area is 109 Å². The van der Waals surface area contributed by atoms with Gasteiger partial charge >= 0.3 is 0 Å². The molecular weight excluding hydrogens is 228 g/mol. The van der Waals surface area contributed by atoms with Gasteiger partial charge in [-0.3, -0.25) is 9.59 Å². The zero-order valence-electron chi connectivity index (χ0n) is 11.4. The highest BCUT2D eigenvalue weighted by atomic mass is 16.2. The fourth-order valence-electron chi connectivity index (χ4n) is 3.03. The van der Waals surface area contributed by atoms with Crippen LogP contribution in [0.5, 0.6) is 0 Å². The summed E-state index contributed by atoms with van der Waals surface area (Å²) in [5, 5.41) is 0. The monoisotopic (exact) mass is 252 g/mol. The molecule has 2 N–H and O–H groups in total. The number of rotatable bonds is 4. The van der Waals surface area contributed by atoms with Gasteiger partial charge in [-0.2, -0.15) is 0 Å². The molecule has 2 amide bonds. The van der Waals surface area contributed by atoms with Gasteiger partial charge in [0.15, 0.2) is 0 Å². The Balaban J connectivity index is 1.99. The Morgan fingerprint density at radius 2 is 1.89 bits per heavy atom. The van der Waals surface area contributed by atoms with Gasteiger partial charge in [0.05, 0.1) is 0 Å². The summed E-state index contributed by atoms with van der Waals surface area (Å²) in [6.45, 7) is 5.00. The molecule has 1 aliphatic heterocycles. The normalized spacial score (nSPS) is 25.0. The fraction of sp³-hybridized carbons (Fsp3) is 0.857. The van der Waals surface area contributed by atoms with Gasteiger partial charge in [-0.05, 0) is 43.4 Å². The number of carbonyl (C=O) groups is 2. The van der Waals surface area contributed by atoms with Crippen LogP contribution in [-0.2, 0) is 9.59 Å². The SMILES string of the molecule is CC(C)(CC(=O)N1CCCCC1C(N)=O)C1CC1. The van der Waals surface area contributed by atoms with Crippen molar-refractivity contribution in [1.82, 2.24) is 4.90 Å². The third kappa shape index (κ3) is 2.85. The lowest BCUT2D eigenvalue weighted by molar-refractivity contribution is -0.142. The van der Waals surface area contributed by atoms with E-state index in [0.717, 1.165) is 19.3 Å². The van der Waals surface area contributed by atoms with E-state index in [9.17, 15) is 9.59 Å². The van der Waals surface area contributed by atoms with E-state index in [-0.39, 0.29) is 23.3 Å². The summed E-state index contributed by atoms with van der Waals surface area (Å²) in [4.78, 5) is 25.5. The standard InChI is InChI=1S/C14H24N2O2/c1-14(2,10-6-7-10)9-12(17)16-8-4-3-5-11(16)13(15)18/h10-11H,3-9H2,1-2H3,(H2,15,18). The molecule has 1 atom stereocenters. The summed E-state index contributed by atoms with van der Waals surface area (Å²) in [6.07, 6.45) is 5.72. The van der Waals surface area contributed by atoms with Crippen LogP contribution in [0.4, 0.5) is 0 Å². The van der Waals surface area contributed by atoms with Crippen molar-refractivity contribution in [3.8, 4) is 0 Å². The van der Waals surface area contributed by atoms with Gasteiger partial charge < -0.3 is 10.6 Å². The summed E-state index contributed by atoms with van der Waals surface area (Å²) in [7, 11) is 0. The highest BCUT2D eigenvalue weighted by Gasteiger charge is 2.41. The van der Waals surface area contributed by atoms with E-state index in [4.69, 9.17) is 5.73 Å². The highest BCUT2D eigenvalue weighted by Crippen LogP contribution is 2.47. The zero-order chi connectivity index (χ0) is 13.3. The minimum atomic E-state index is -0.374. The first-order valence-electron chi connectivity index (χ1n) is 7.00. The van der Waals surface area contributed by atoms with Crippen LogP contribution in [0.3, 0.4) is 0 Å². The molecule has 4 heteroatoms. The fourth-order valence-corrected chi connectivity index (χ4v) is 3.03. The van der Waals surface area contributed by atoms with E-state index in [1.807, 2.05) is 0 Å². The van der Waals surface area contributed by atoms with E-state index in [0.29, 0.717) is 18.9 Å². The molecule has 1 unspecified atom stereocenters. The molecule has 1 saturated heterocycles. The van der Waals surface area contributed by atoms with Crippen LogP contribution in [0.25, 0.3) is 0 Å². The number of hydrogen-bond acceptors (Lipinski definition) is 2. The Morgan fingerprint density at radius 3 is 2.44 bits per heavy atom. The summed E-state index contributed by atoms with van der Waals surface area (Å²) in [5.74, 6) is 0.431. The Bertz CT molecular complexity index is 348. The topological polar surface area (TPSA) is 63.4 Å². The molecule has 0 aromatic carbocycles. The summed E-state index contributed by atoms with van der Waals surface area (Å²) in [5.41, 5.74) is 5.46. The number of amides is 2. The Kier molecular flexibility index (Phi) is 3.64. The second kappa shape index (κ2) is 4.90. The number of likely N-dealkylation sites (tertiary alicyclic amines) is 1. The minimum Gasteiger partial charge on any atom is -0.368 e. The summed E-state index contributed by atoms with van der Waals surface area (Å²) >= 11 is 0. The predicted molar refractivity (Wildman–Crippen MR) is 69.7 cm³/mol. The quantitative estimate of drug-likeness (QED) is 0.827. The number of piperidine rings is 1. The second-order valence-electron chi connectivity index (χ2n) is 6.44. The first-order chi connectivity index (χ1) is 8.42. The molecule has 1 heterocycles. The summed E-state index contributed by atoms with van der Waals surface area (Å²) < 4.78 is 0. The molecule has 2 aliphatic rings. The van der Waals surface area contributed by atoms with Crippen LogP contribution in [0.2, 0.25) is 0 Å². The van der Waals surface area contributed by atoms with Gasteiger partial charge in [-0.1, -0.05) is 13.8 Å². The first-order valence-corrected chi connectivity index (χ1v) is 7.00. The average Bonchev–Trinajstić information content (AvgIpc) is 3.12. The van der Waals surface area contributed by atoms with Crippen LogP contribution in [0.1, 0.15) is 52.4 Å². The maximum atomic E-state index is 12.4. The van der Waals surface area contributed by atoms with Crippen molar-refractivity contribution in [3.05, 3.63) is 0 Å². The summed E-state index contributed by atoms with van der Waals surface area (Å²) in [6, 6.07) is -0.374. The van der Waals surface area contributed by atoms with Crippen LogP contribution < -0.4 is 5.73 Å². The van der Waals surface area contributed by atoms with Crippen molar-refractivity contribution in [2.24, 2.45) is 17.1 Å². The van der Waals surface area contributed by atoms with Gasteiger partial charge in [0, 0.05) is 13.0 Å². The molecule has 2 rings (SSSR count). The molecule has 1 saturated carbocycles. The van der Waals surface area contributed by atoms with Gasteiger partial charge in [-0.15, -0.1) is 0 Å². The van der Waals surface area contributed by atoms with E-state index in [1.165, 1.54) is 12.8 Å². The van der Waals surface area contributed by atoms with Crippen LogP contribution in [0, 0.1) is 11.3 Å². The van der Waals surface area contributed by atoms with Crippen LogP contribution in [0.15, 0.2) is 0 Å². The Hall–Kier alpha value is -1.06. The number of nitrogens with zero attached hydrogens (tertiary/aromatic N) is 1. The molecule has 4 nitrogen and oxygen atoms in total. The van der Waals surface area contributed by atoms with E-state index in [2.05, 4.69) is 13.8 Å². The molecule has 0 aromatic rings. The molecule has 0 radical (unpaired) electrons. The van der Waals surface area contributed by atoms with Crippen molar-refractivity contribution in [2.75, 3.05) is 6.54 Å². The van der Waals surface area contributed by atoms with Gasteiger partial charge in [0.25, 0.3) is 0 Å². The van der Waals surface area contributed by atoms with Crippen molar-refractivity contribution in [2.45, 2.75) is 58.4 Å². The van der Waals surface area contributed by atoms with Crippen molar-refractivity contribution < 1.29 is 9.59 Å². The second-order valence-corrected chi connectivity index (χ2v) is 6.44. The largest absolute Gasteiger partial charge is 0.368 e. The lowest BCUT2D eigenvalue weighted by Gasteiger charge is -2.36. The van der Waals surface area contributed by atoms with Crippen LogP contribution >= 0.6 is 0 Å². The smallest absolute Gasteiger partial charge is 0.240 e. The van der Waals surface area contributed by atoms with E-state index in [1.54, 1.807) is 4.90 Å². The van der Waals surface area contributed by atoms with Crippen molar-refractivity contribution >= 4 is 11.8 Å². The van der Waals surface area contributed by atoms with Gasteiger partial charge in [0.2, 0.25) is 11.8 Å². The highest BCUT2D eigenvalue weighted by molar-refractivity contribution is 5.87. The molecule has 18 heavy (non-hydrogen) atoms. The van der Waals surface area contributed by atoms with Crippen molar-refractivity contribution in [1.29, 1.82) is 0 Å². The molecule has 2 fully saturated rings. The molecule has 1 aliphatic carbocycles.